The van der Waals surface area contributed by atoms with Crippen molar-refractivity contribution in [3.8, 4) is 5.75 Å². The van der Waals surface area contributed by atoms with E-state index in [9.17, 15) is 14.0 Å². The maximum atomic E-state index is 13.8. The molecule has 0 radical (unpaired) electrons. The van der Waals surface area contributed by atoms with E-state index in [1.54, 1.807) is 29.2 Å². The van der Waals surface area contributed by atoms with Crippen molar-refractivity contribution in [3.05, 3.63) is 59.4 Å². The van der Waals surface area contributed by atoms with Crippen LogP contribution in [0.4, 0.5) is 10.1 Å². The van der Waals surface area contributed by atoms with E-state index in [4.69, 9.17) is 4.74 Å². The molecule has 0 bridgehead atoms. The molecule has 1 unspecified atom stereocenters. The van der Waals surface area contributed by atoms with Gasteiger partial charge in [-0.25, -0.2) is 4.39 Å². The van der Waals surface area contributed by atoms with Crippen LogP contribution < -0.4 is 10.1 Å². The molecule has 6 heteroatoms. The topological polar surface area (TPSA) is 58.6 Å². The van der Waals surface area contributed by atoms with Crippen LogP contribution in [-0.4, -0.2) is 29.4 Å². The van der Waals surface area contributed by atoms with Crippen LogP contribution in [-0.2, 0) is 11.3 Å². The second kappa shape index (κ2) is 8.42. The van der Waals surface area contributed by atoms with Crippen LogP contribution in [0.1, 0.15) is 43.1 Å². The number of halogens is 1. The fourth-order valence-corrected chi connectivity index (χ4v) is 3.28. The first-order valence-electron chi connectivity index (χ1n) is 9.53. The van der Waals surface area contributed by atoms with Gasteiger partial charge in [0.05, 0.1) is 5.56 Å². The summed E-state index contributed by atoms with van der Waals surface area (Å²) in [6.45, 7) is 7.08. The molecule has 0 spiro atoms. The molecule has 0 saturated heterocycles. The Morgan fingerprint density at radius 3 is 2.71 bits per heavy atom. The predicted octanol–water partition coefficient (Wildman–Crippen LogP) is 4.23. The molecule has 3 rings (SSSR count). The Kier molecular flexibility index (Phi) is 5.97. The normalized spacial score (nSPS) is 16.4. The standard InChI is InChI=1S/C22H25FN2O3/c1-4-19-22(27)25(12-14(2)3)13-15-11-16(9-10-20(15)28-19)24-21(26)17-7-5-6-8-18(17)23/h5-11,14,19H,4,12-13H2,1-3H3,(H,24,26). The Balaban J connectivity index is 1.86. The Hall–Kier alpha value is -2.89. The Morgan fingerprint density at radius 2 is 2.04 bits per heavy atom. The molecule has 2 aromatic rings. The SMILES string of the molecule is CCC1Oc2ccc(NC(=O)c3ccccc3F)cc2CN(CC(C)C)C1=O. The third-order valence-electron chi connectivity index (χ3n) is 4.61. The van der Waals surface area contributed by atoms with Crippen LogP contribution in [0.2, 0.25) is 0 Å². The molecule has 1 atom stereocenters. The molecule has 5 nitrogen and oxygen atoms in total. The largest absolute Gasteiger partial charge is 0.480 e. The molecule has 2 amide bonds. The van der Waals surface area contributed by atoms with Gasteiger partial charge in [0.15, 0.2) is 6.10 Å². The second-order valence-corrected chi connectivity index (χ2v) is 7.38. The van der Waals surface area contributed by atoms with Gasteiger partial charge < -0.3 is 15.0 Å². The van der Waals surface area contributed by atoms with Crippen LogP contribution in [0.3, 0.4) is 0 Å². The fourth-order valence-electron chi connectivity index (χ4n) is 3.28. The lowest BCUT2D eigenvalue weighted by atomic mass is 10.1. The van der Waals surface area contributed by atoms with Crippen LogP contribution in [0.15, 0.2) is 42.5 Å². The third kappa shape index (κ3) is 4.32. The maximum absolute atomic E-state index is 13.8. The molecule has 1 aliphatic heterocycles. The summed E-state index contributed by atoms with van der Waals surface area (Å²) in [5.74, 6) is -0.154. The van der Waals surface area contributed by atoms with E-state index >= 15 is 0 Å². The number of hydrogen-bond donors (Lipinski definition) is 1. The zero-order valence-corrected chi connectivity index (χ0v) is 16.4. The molecule has 1 heterocycles. The molecule has 0 aromatic heterocycles. The number of benzene rings is 2. The van der Waals surface area contributed by atoms with E-state index < -0.39 is 17.8 Å². The minimum absolute atomic E-state index is 0.0173. The maximum Gasteiger partial charge on any atom is 0.263 e. The number of anilines is 1. The zero-order valence-electron chi connectivity index (χ0n) is 16.4. The van der Waals surface area contributed by atoms with E-state index in [1.165, 1.54) is 18.2 Å². The second-order valence-electron chi connectivity index (χ2n) is 7.38. The average molecular weight is 384 g/mol. The molecule has 0 saturated carbocycles. The first-order chi connectivity index (χ1) is 13.4. The van der Waals surface area contributed by atoms with Gasteiger partial charge in [-0.1, -0.05) is 32.9 Å². The average Bonchev–Trinajstić information content (AvgIpc) is 2.78. The summed E-state index contributed by atoms with van der Waals surface area (Å²) in [7, 11) is 0. The molecule has 148 valence electrons. The Bertz CT molecular complexity index is 882. The van der Waals surface area contributed by atoms with Gasteiger partial charge in [-0.05, 0) is 42.7 Å². The van der Waals surface area contributed by atoms with Gasteiger partial charge in [-0.2, -0.15) is 0 Å². The van der Waals surface area contributed by atoms with Gasteiger partial charge in [-0.15, -0.1) is 0 Å². The summed E-state index contributed by atoms with van der Waals surface area (Å²) in [6.07, 6.45) is 0.0670. The van der Waals surface area contributed by atoms with Gasteiger partial charge >= 0.3 is 0 Å². The van der Waals surface area contributed by atoms with Crippen LogP contribution >= 0.6 is 0 Å². The van der Waals surface area contributed by atoms with Gasteiger partial charge in [0.2, 0.25) is 0 Å². The van der Waals surface area contributed by atoms with Crippen molar-refractivity contribution in [2.24, 2.45) is 5.92 Å². The molecule has 28 heavy (non-hydrogen) atoms. The third-order valence-corrected chi connectivity index (χ3v) is 4.61. The van der Waals surface area contributed by atoms with Crippen molar-refractivity contribution < 1.29 is 18.7 Å². The molecule has 0 fully saturated rings. The molecular formula is C22H25FN2O3. The van der Waals surface area contributed by atoms with Crippen LogP contribution in [0, 0.1) is 11.7 Å². The first-order valence-corrected chi connectivity index (χ1v) is 9.53. The van der Waals surface area contributed by atoms with Crippen LogP contribution in [0.25, 0.3) is 0 Å². The van der Waals surface area contributed by atoms with Crippen molar-refractivity contribution >= 4 is 17.5 Å². The Labute approximate surface area is 164 Å². The lowest BCUT2D eigenvalue weighted by Gasteiger charge is -2.24. The minimum Gasteiger partial charge on any atom is -0.480 e. The monoisotopic (exact) mass is 384 g/mol. The van der Waals surface area contributed by atoms with Gasteiger partial charge in [0.1, 0.15) is 11.6 Å². The smallest absolute Gasteiger partial charge is 0.263 e. The summed E-state index contributed by atoms with van der Waals surface area (Å²) in [6, 6.07) is 11.1. The number of ether oxygens (including phenoxy) is 1. The number of fused-ring (bicyclic) bond motifs is 1. The molecule has 2 aromatic carbocycles. The molecule has 0 aliphatic carbocycles. The summed E-state index contributed by atoms with van der Waals surface area (Å²) < 4.78 is 19.8. The van der Waals surface area contributed by atoms with Gasteiger partial charge in [0.25, 0.3) is 11.8 Å². The summed E-state index contributed by atoms with van der Waals surface area (Å²) in [5.41, 5.74) is 1.33. The lowest BCUT2D eigenvalue weighted by Crippen LogP contribution is -2.41. The van der Waals surface area contributed by atoms with Crippen molar-refractivity contribution in [2.45, 2.75) is 39.8 Å². The van der Waals surface area contributed by atoms with Crippen molar-refractivity contribution in [3.63, 3.8) is 0 Å². The number of rotatable bonds is 5. The van der Waals surface area contributed by atoms with Gasteiger partial charge in [-0.3, -0.25) is 9.59 Å². The van der Waals surface area contributed by atoms with Crippen molar-refractivity contribution in [1.82, 2.24) is 4.90 Å². The fraction of sp³-hybridized carbons (Fsp3) is 0.364. The van der Waals surface area contributed by atoms with Crippen LogP contribution in [0.5, 0.6) is 5.75 Å². The first kappa shape index (κ1) is 19.9. The number of carbonyl (C=O) groups excluding carboxylic acids is 2. The minimum atomic E-state index is -0.572. The highest BCUT2D eigenvalue weighted by molar-refractivity contribution is 6.04. The highest BCUT2D eigenvalue weighted by Crippen LogP contribution is 2.30. The molecule has 1 aliphatic rings. The summed E-state index contributed by atoms with van der Waals surface area (Å²) >= 11 is 0. The molecular weight excluding hydrogens is 359 g/mol. The van der Waals surface area contributed by atoms with E-state index in [1.807, 2.05) is 6.92 Å². The predicted molar refractivity (Wildman–Crippen MR) is 106 cm³/mol. The quantitative estimate of drug-likeness (QED) is 0.839. The highest BCUT2D eigenvalue weighted by atomic mass is 19.1. The zero-order chi connectivity index (χ0) is 20.3. The van der Waals surface area contributed by atoms with Crippen molar-refractivity contribution in [2.75, 3.05) is 11.9 Å². The van der Waals surface area contributed by atoms with E-state index in [2.05, 4.69) is 19.2 Å². The number of carbonyl (C=O) groups is 2. The van der Waals surface area contributed by atoms with Gasteiger partial charge in [0, 0.05) is 24.3 Å². The number of amides is 2. The highest BCUT2D eigenvalue weighted by Gasteiger charge is 2.30. The molecule has 1 N–H and O–H groups in total. The lowest BCUT2D eigenvalue weighted by molar-refractivity contribution is -0.139. The van der Waals surface area contributed by atoms with E-state index in [-0.39, 0.29) is 11.5 Å². The summed E-state index contributed by atoms with van der Waals surface area (Å²) in [5, 5.41) is 2.72. The Morgan fingerprint density at radius 1 is 1.29 bits per heavy atom. The number of nitrogens with zero attached hydrogens (tertiary/aromatic N) is 1. The number of nitrogens with one attached hydrogen (secondary N) is 1. The van der Waals surface area contributed by atoms with E-state index in [0.29, 0.717) is 36.9 Å². The van der Waals surface area contributed by atoms with Crippen molar-refractivity contribution in [1.29, 1.82) is 0 Å². The van der Waals surface area contributed by atoms with E-state index in [0.717, 1.165) is 5.56 Å². The summed E-state index contributed by atoms with van der Waals surface area (Å²) in [4.78, 5) is 26.9. The number of hydrogen-bond acceptors (Lipinski definition) is 3.